The summed E-state index contributed by atoms with van der Waals surface area (Å²) in [6.45, 7) is 5.64. The largest absolute Gasteiger partial charge is 0.350 e. The van der Waals surface area contributed by atoms with Crippen molar-refractivity contribution in [3.8, 4) is 0 Å². The number of amides is 1. The molecule has 0 radical (unpaired) electrons. The Morgan fingerprint density at radius 2 is 2.25 bits per heavy atom. The average molecular weight is 285 g/mol. The number of benzene rings is 1. The van der Waals surface area contributed by atoms with Gasteiger partial charge < -0.3 is 10.6 Å². The van der Waals surface area contributed by atoms with Crippen molar-refractivity contribution in [1.82, 2.24) is 10.6 Å². The molecule has 16 heavy (non-hydrogen) atoms. The predicted octanol–water partition coefficient (Wildman–Crippen LogP) is 2.18. The van der Waals surface area contributed by atoms with E-state index in [2.05, 4.69) is 26.6 Å². The Balaban J connectivity index is 2.47. The minimum absolute atomic E-state index is 0.0361. The lowest BCUT2D eigenvalue weighted by molar-refractivity contribution is 0.0950. The lowest BCUT2D eigenvalue weighted by Gasteiger charge is -2.13. The predicted molar refractivity (Wildman–Crippen MR) is 69.6 cm³/mol. The van der Waals surface area contributed by atoms with E-state index in [0.29, 0.717) is 18.2 Å². The molecule has 4 heteroatoms. The molecular formula is C12H17BrN2O. The molecule has 0 aliphatic heterocycles. The molecule has 0 aliphatic rings. The molecule has 0 heterocycles. The third-order valence-electron chi connectivity index (χ3n) is 2.21. The van der Waals surface area contributed by atoms with Crippen molar-refractivity contribution >= 4 is 21.8 Å². The molecule has 0 bridgehead atoms. The Labute approximate surface area is 105 Å². The Kier molecular flexibility index (Phi) is 5.49. The highest BCUT2D eigenvalue weighted by molar-refractivity contribution is 9.10. The van der Waals surface area contributed by atoms with Crippen LogP contribution in [0.25, 0.3) is 0 Å². The van der Waals surface area contributed by atoms with Crippen LogP contribution in [0.4, 0.5) is 0 Å². The molecule has 0 spiro atoms. The lowest BCUT2D eigenvalue weighted by atomic mass is 10.2. The molecule has 1 atom stereocenters. The van der Waals surface area contributed by atoms with Gasteiger partial charge in [0.05, 0.1) is 0 Å². The number of hydrogen-bond acceptors (Lipinski definition) is 2. The highest BCUT2D eigenvalue weighted by Crippen LogP contribution is 2.11. The molecule has 0 aliphatic carbocycles. The number of likely N-dealkylation sites (N-methyl/N-ethyl adjacent to an activating group) is 1. The normalized spacial score (nSPS) is 12.2. The van der Waals surface area contributed by atoms with E-state index in [9.17, 15) is 4.79 Å². The van der Waals surface area contributed by atoms with Crippen LogP contribution >= 0.6 is 15.9 Å². The van der Waals surface area contributed by atoms with Crippen LogP contribution in [-0.4, -0.2) is 25.0 Å². The molecule has 0 aromatic heterocycles. The second-order valence-electron chi connectivity index (χ2n) is 3.68. The Hall–Kier alpha value is -0.870. The maximum absolute atomic E-state index is 11.7. The van der Waals surface area contributed by atoms with Crippen molar-refractivity contribution in [3.05, 3.63) is 34.3 Å². The van der Waals surface area contributed by atoms with Crippen LogP contribution in [0.2, 0.25) is 0 Å². The van der Waals surface area contributed by atoms with Crippen LogP contribution in [0.1, 0.15) is 24.2 Å². The zero-order chi connectivity index (χ0) is 12.0. The third kappa shape index (κ3) is 4.33. The topological polar surface area (TPSA) is 41.1 Å². The van der Waals surface area contributed by atoms with Crippen molar-refractivity contribution in [3.63, 3.8) is 0 Å². The molecule has 1 rings (SSSR count). The number of carbonyl (C=O) groups is 1. The first kappa shape index (κ1) is 13.2. The maximum atomic E-state index is 11.7. The van der Waals surface area contributed by atoms with Gasteiger partial charge in [-0.25, -0.2) is 0 Å². The fourth-order valence-corrected chi connectivity index (χ4v) is 1.80. The van der Waals surface area contributed by atoms with Crippen molar-refractivity contribution in [2.24, 2.45) is 0 Å². The summed E-state index contributed by atoms with van der Waals surface area (Å²) in [5.41, 5.74) is 0.679. The monoisotopic (exact) mass is 284 g/mol. The van der Waals surface area contributed by atoms with Gasteiger partial charge in [0.25, 0.3) is 5.91 Å². The van der Waals surface area contributed by atoms with Crippen LogP contribution in [0.3, 0.4) is 0 Å². The zero-order valence-corrected chi connectivity index (χ0v) is 11.2. The van der Waals surface area contributed by atoms with Crippen molar-refractivity contribution in [1.29, 1.82) is 0 Å². The summed E-state index contributed by atoms with van der Waals surface area (Å²) < 4.78 is 0.917. The summed E-state index contributed by atoms with van der Waals surface area (Å²) >= 11 is 3.34. The van der Waals surface area contributed by atoms with E-state index in [0.717, 1.165) is 11.0 Å². The molecule has 88 valence electrons. The first-order chi connectivity index (χ1) is 7.63. The number of carbonyl (C=O) groups excluding carboxylic acids is 1. The summed E-state index contributed by atoms with van der Waals surface area (Å²) in [6.07, 6.45) is 0. The SMILES string of the molecule is CCN[C@H](C)CNC(=O)c1cccc(Br)c1. The van der Waals surface area contributed by atoms with Crippen molar-refractivity contribution < 1.29 is 4.79 Å². The second-order valence-corrected chi connectivity index (χ2v) is 4.59. The van der Waals surface area contributed by atoms with Gasteiger partial charge in [-0.3, -0.25) is 4.79 Å². The van der Waals surface area contributed by atoms with Gasteiger partial charge in [-0.2, -0.15) is 0 Å². The van der Waals surface area contributed by atoms with E-state index in [1.54, 1.807) is 6.07 Å². The lowest BCUT2D eigenvalue weighted by Crippen LogP contribution is -2.38. The fourth-order valence-electron chi connectivity index (χ4n) is 1.40. The number of nitrogens with one attached hydrogen (secondary N) is 2. The minimum atomic E-state index is -0.0361. The van der Waals surface area contributed by atoms with Gasteiger partial charge in [-0.15, -0.1) is 0 Å². The molecule has 0 saturated carbocycles. The van der Waals surface area contributed by atoms with Gasteiger partial charge in [0, 0.05) is 22.6 Å². The van der Waals surface area contributed by atoms with Gasteiger partial charge >= 0.3 is 0 Å². The number of halogens is 1. The van der Waals surface area contributed by atoms with Gasteiger partial charge in [-0.1, -0.05) is 28.9 Å². The standard InChI is InChI=1S/C12H17BrN2O/c1-3-14-9(2)8-15-12(16)10-5-4-6-11(13)7-10/h4-7,9,14H,3,8H2,1-2H3,(H,15,16)/t9-/m1/s1. The van der Waals surface area contributed by atoms with Crippen molar-refractivity contribution in [2.75, 3.05) is 13.1 Å². The molecule has 1 aromatic carbocycles. The molecule has 3 nitrogen and oxygen atoms in total. The van der Waals surface area contributed by atoms with E-state index in [-0.39, 0.29) is 5.91 Å². The van der Waals surface area contributed by atoms with E-state index in [1.807, 2.05) is 32.0 Å². The van der Waals surface area contributed by atoms with Gasteiger partial charge in [0.1, 0.15) is 0 Å². The smallest absolute Gasteiger partial charge is 0.251 e. The highest BCUT2D eigenvalue weighted by atomic mass is 79.9. The quantitative estimate of drug-likeness (QED) is 0.870. The molecule has 0 unspecified atom stereocenters. The summed E-state index contributed by atoms with van der Waals surface area (Å²) in [5, 5.41) is 6.13. The van der Waals surface area contributed by atoms with Crippen LogP contribution in [0.5, 0.6) is 0 Å². The van der Waals surface area contributed by atoms with Gasteiger partial charge in [0.2, 0.25) is 0 Å². The van der Waals surface area contributed by atoms with E-state index in [4.69, 9.17) is 0 Å². The van der Waals surface area contributed by atoms with Crippen LogP contribution in [0, 0.1) is 0 Å². The zero-order valence-electron chi connectivity index (χ0n) is 9.59. The summed E-state index contributed by atoms with van der Waals surface area (Å²) in [7, 11) is 0. The van der Waals surface area contributed by atoms with Crippen LogP contribution < -0.4 is 10.6 Å². The van der Waals surface area contributed by atoms with Crippen molar-refractivity contribution in [2.45, 2.75) is 19.9 Å². The Morgan fingerprint density at radius 3 is 2.88 bits per heavy atom. The summed E-state index contributed by atoms with van der Waals surface area (Å²) in [4.78, 5) is 11.7. The van der Waals surface area contributed by atoms with Gasteiger partial charge in [-0.05, 0) is 31.7 Å². The summed E-state index contributed by atoms with van der Waals surface area (Å²) in [5.74, 6) is -0.0361. The van der Waals surface area contributed by atoms with E-state index >= 15 is 0 Å². The minimum Gasteiger partial charge on any atom is -0.350 e. The first-order valence-corrected chi connectivity index (χ1v) is 6.20. The highest BCUT2D eigenvalue weighted by Gasteiger charge is 2.06. The third-order valence-corrected chi connectivity index (χ3v) is 2.70. The Bertz CT molecular complexity index is 355. The molecular weight excluding hydrogens is 268 g/mol. The number of rotatable bonds is 5. The molecule has 1 aromatic rings. The maximum Gasteiger partial charge on any atom is 0.251 e. The molecule has 2 N–H and O–H groups in total. The van der Waals surface area contributed by atoms with E-state index < -0.39 is 0 Å². The first-order valence-electron chi connectivity index (χ1n) is 5.40. The number of hydrogen-bond donors (Lipinski definition) is 2. The molecule has 0 saturated heterocycles. The van der Waals surface area contributed by atoms with Crippen LogP contribution in [0.15, 0.2) is 28.7 Å². The summed E-state index contributed by atoms with van der Waals surface area (Å²) in [6, 6.07) is 7.66. The van der Waals surface area contributed by atoms with E-state index in [1.165, 1.54) is 0 Å². The molecule has 0 fully saturated rings. The Morgan fingerprint density at radius 1 is 1.50 bits per heavy atom. The fraction of sp³-hybridized carbons (Fsp3) is 0.417. The molecule has 1 amide bonds. The second kappa shape index (κ2) is 6.66. The van der Waals surface area contributed by atoms with Crippen LogP contribution in [-0.2, 0) is 0 Å². The average Bonchev–Trinajstić information content (AvgIpc) is 2.26. The van der Waals surface area contributed by atoms with Gasteiger partial charge in [0.15, 0.2) is 0 Å².